The minimum Gasteiger partial charge on any atom is -0.363 e. The molecule has 0 spiro atoms. The van der Waals surface area contributed by atoms with Crippen molar-refractivity contribution in [2.75, 3.05) is 47.8 Å². The highest BCUT2D eigenvalue weighted by Crippen LogP contribution is 2.31. The number of nitro benzene ring substituents is 1. The lowest BCUT2D eigenvalue weighted by Gasteiger charge is -2.40. The van der Waals surface area contributed by atoms with Gasteiger partial charge in [-0.15, -0.1) is 0 Å². The van der Waals surface area contributed by atoms with Crippen LogP contribution in [0.15, 0.2) is 48.5 Å². The van der Waals surface area contributed by atoms with Crippen LogP contribution in [0.3, 0.4) is 0 Å². The number of nitrogens with zero attached hydrogens (tertiary/aromatic N) is 4. The molecule has 0 aromatic heterocycles. The lowest BCUT2D eigenvalue weighted by molar-refractivity contribution is -0.384. The van der Waals surface area contributed by atoms with E-state index in [-0.39, 0.29) is 29.0 Å². The molecule has 30 heavy (non-hydrogen) atoms. The van der Waals surface area contributed by atoms with Crippen molar-refractivity contribution in [3.8, 4) is 0 Å². The zero-order valence-corrected chi connectivity index (χ0v) is 16.7. The van der Waals surface area contributed by atoms with E-state index >= 15 is 0 Å². The number of carbonyl (C=O) groups is 2. The van der Waals surface area contributed by atoms with E-state index in [4.69, 9.17) is 0 Å². The third-order valence-corrected chi connectivity index (χ3v) is 5.68. The summed E-state index contributed by atoms with van der Waals surface area (Å²) in [6.07, 6.45) is 0. The van der Waals surface area contributed by atoms with Crippen molar-refractivity contribution in [3.63, 3.8) is 0 Å². The molecule has 2 aromatic carbocycles. The molecule has 4 rings (SSSR count). The molecular formula is C21H23N5O4. The molecule has 2 aliphatic heterocycles. The Morgan fingerprint density at radius 1 is 1.03 bits per heavy atom. The number of fused-ring (bicyclic) bond motifs is 1. The van der Waals surface area contributed by atoms with Gasteiger partial charge in [-0.25, -0.2) is 0 Å². The first kappa shape index (κ1) is 19.8. The van der Waals surface area contributed by atoms with Crippen LogP contribution in [0.25, 0.3) is 0 Å². The molecule has 1 fully saturated rings. The van der Waals surface area contributed by atoms with Crippen molar-refractivity contribution in [3.05, 3.63) is 58.6 Å². The van der Waals surface area contributed by atoms with E-state index in [9.17, 15) is 19.7 Å². The van der Waals surface area contributed by atoms with Crippen molar-refractivity contribution in [1.82, 2.24) is 4.90 Å². The summed E-state index contributed by atoms with van der Waals surface area (Å²) in [4.78, 5) is 41.8. The van der Waals surface area contributed by atoms with Gasteiger partial charge < -0.3 is 10.2 Å². The second-order valence-electron chi connectivity index (χ2n) is 7.43. The molecule has 9 heteroatoms. The van der Waals surface area contributed by atoms with Crippen molar-refractivity contribution in [2.45, 2.75) is 13.0 Å². The number of piperazine rings is 1. The molecule has 1 unspecified atom stereocenters. The SMILES string of the molecule is CC(C(=O)N1CC(=O)Nc2ccccc21)N1CCN(c2ccccc2[N+](=O)[O-])CC1. The lowest BCUT2D eigenvalue weighted by Crippen LogP contribution is -2.56. The topological polar surface area (TPSA) is 99.0 Å². The van der Waals surface area contributed by atoms with Crippen LogP contribution in [0.1, 0.15) is 6.92 Å². The summed E-state index contributed by atoms with van der Waals surface area (Å²) in [5.41, 5.74) is 2.02. The lowest BCUT2D eigenvalue weighted by atomic mass is 10.1. The molecule has 9 nitrogen and oxygen atoms in total. The number of nitro groups is 1. The summed E-state index contributed by atoms with van der Waals surface area (Å²) >= 11 is 0. The monoisotopic (exact) mass is 409 g/mol. The number of anilines is 3. The second kappa shape index (κ2) is 8.11. The van der Waals surface area contributed by atoms with Gasteiger partial charge in [-0.1, -0.05) is 24.3 Å². The number of carbonyl (C=O) groups excluding carboxylic acids is 2. The maximum atomic E-state index is 13.2. The summed E-state index contributed by atoms with van der Waals surface area (Å²) in [5.74, 6) is -0.341. The molecular weight excluding hydrogens is 386 g/mol. The summed E-state index contributed by atoms with van der Waals surface area (Å²) in [6.45, 7) is 4.20. The van der Waals surface area contributed by atoms with Gasteiger partial charge in [-0.2, -0.15) is 0 Å². The van der Waals surface area contributed by atoms with Crippen molar-refractivity contribution >= 4 is 34.6 Å². The number of amides is 2. The van der Waals surface area contributed by atoms with Gasteiger partial charge in [0.15, 0.2) is 0 Å². The van der Waals surface area contributed by atoms with E-state index in [0.717, 1.165) is 0 Å². The van der Waals surface area contributed by atoms with Crippen LogP contribution in [0.2, 0.25) is 0 Å². The van der Waals surface area contributed by atoms with Crippen molar-refractivity contribution in [2.24, 2.45) is 0 Å². The average Bonchev–Trinajstić information content (AvgIpc) is 2.77. The van der Waals surface area contributed by atoms with Gasteiger partial charge in [0.25, 0.3) is 5.69 Å². The highest BCUT2D eigenvalue weighted by Gasteiger charge is 2.34. The van der Waals surface area contributed by atoms with Crippen molar-refractivity contribution in [1.29, 1.82) is 0 Å². The van der Waals surface area contributed by atoms with E-state index in [0.29, 0.717) is 43.2 Å². The number of rotatable bonds is 4. The molecule has 2 amide bonds. The first-order valence-electron chi connectivity index (χ1n) is 9.88. The molecule has 1 N–H and O–H groups in total. The van der Waals surface area contributed by atoms with Crippen molar-refractivity contribution < 1.29 is 14.5 Å². The minimum absolute atomic E-state index is 0.00361. The first-order valence-corrected chi connectivity index (χ1v) is 9.88. The number of hydrogen-bond donors (Lipinski definition) is 1. The van der Waals surface area contributed by atoms with Gasteiger partial charge in [0.1, 0.15) is 12.2 Å². The largest absolute Gasteiger partial charge is 0.363 e. The Balaban J connectivity index is 1.45. The van der Waals surface area contributed by atoms with Crippen LogP contribution in [0, 0.1) is 10.1 Å². The van der Waals surface area contributed by atoms with E-state index < -0.39 is 6.04 Å². The van der Waals surface area contributed by atoms with Gasteiger partial charge in [-0.3, -0.25) is 29.5 Å². The Bertz CT molecular complexity index is 987. The minimum atomic E-state index is -0.406. The molecule has 2 heterocycles. The zero-order valence-electron chi connectivity index (χ0n) is 16.7. The van der Waals surface area contributed by atoms with E-state index in [2.05, 4.69) is 10.2 Å². The average molecular weight is 409 g/mol. The third kappa shape index (κ3) is 3.71. The molecule has 2 aliphatic rings. The third-order valence-electron chi connectivity index (χ3n) is 5.68. The van der Waals surface area contributed by atoms with Crippen LogP contribution >= 0.6 is 0 Å². The molecule has 0 radical (unpaired) electrons. The molecule has 0 bridgehead atoms. The molecule has 2 aromatic rings. The molecule has 0 aliphatic carbocycles. The fraction of sp³-hybridized carbons (Fsp3) is 0.333. The van der Waals surface area contributed by atoms with Gasteiger partial charge >= 0.3 is 0 Å². The van der Waals surface area contributed by atoms with Gasteiger partial charge in [-0.05, 0) is 25.1 Å². The van der Waals surface area contributed by atoms with Gasteiger partial charge in [0.05, 0.1) is 22.3 Å². The first-order chi connectivity index (χ1) is 14.5. The number of hydrogen-bond acceptors (Lipinski definition) is 6. The molecule has 0 saturated carbocycles. The highest BCUT2D eigenvalue weighted by atomic mass is 16.6. The molecule has 1 atom stereocenters. The van der Waals surface area contributed by atoms with E-state index in [1.54, 1.807) is 24.3 Å². The Labute approximate surface area is 174 Å². The predicted octanol–water partition coefficient (Wildman–Crippen LogP) is 2.09. The molecule has 156 valence electrons. The number of benzene rings is 2. The Morgan fingerprint density at radius 3 is 2.37 bits per heavy atom. The number of para-hydroxylation sites is 4. The van der Waals surface area contributed by atoms with E-state index in [1.165, 1.54) is 11.0 Å². The standard InChI is InChI=1S/C21H23N5O4/c1-15(21(28)25-14-20(27)22-16-6-2-3-7-17(16)25)23-10-12-24(13-11-23)18-8-4-5-9-19(18)26(29)30/h2-9,15H,10-14H2,1H3,(H,22,27). The second-order valence-corrected chi connectivity index (χ2v) is 7.43. The fourth-order valence-corrected chi connectivity index (χ4v) is 4.05. The fourth-order valence-electron chi connectivity index (χ4n) is 4.05. The van der Waals surface area contributed by atoms with Crippen LogP contribution in [-0.4, -0.2) is 60.4 Å². The zero-order chi connectivity index (χ0) is 21.3. The molecule has 1 saturated heterocycles. The maximum absolute atomic E-state index is 13.2. The van der Waals surface area contributed by atoms with E-state index in [1.807, 2.05) is 30.0 Å². The smallest absolute Gasteiger partial charge is 0.292 e. The Hall–Kier alpha value is -3.46. The highest BCUT2D eigenvalue weighted by molar-refractivity contribution is 6.11. The van der Waals surface area contributed by atoms with Crippen LogP contribution in [0.5, 0.6) is 0 Å². The maximum Gasteiger partial charge on any atom is 0.292 e. The summed E-state index contributed by atoms with van der Waals surface area (Å²) in [7, 11) is 0. The summed E-state index contributed by atoms with van der Waals surface area (Å²) in [6, 6.07) is 13.6. The summed E-state index contributed by atoms with van der Waals surface area (Å²) in [5, 5.41) is 14.1. The normalized spacial score (nSPS) is 17.8. The number of nitrogens with one attached hydrogen (secondary N) is 1. The Morgan fingerprint density at radius 2 is 1.67 bits per heavy atom. The van der Waals surface area contributed by atoms with Crippen LogP contribution in [0.4, 0.5) is 22.7 Å². The Kier molecular flexibility index (Phi) is 5.37. The predicted molar refractivity (Wildman–Crippen MR) is 114 cm³/mol. The quantitative estimate of drug-likeness (QED) is 0.613. The van der Waals surface area contributed by atoms with Crippen LogP contribution < -0.4 is 15.1 Å². The van der Waals surface area contributed by atoms with Crippen LogP contribution in [-0.2, 0) is 9.59 Å². The summed E-state index contributed by atoms with van der Waals surface area (Å²) < 4.78 is 0. The van der Waals surface area contributed by atoms with Gasteiger partial charge in [0.2, 0.25) is 11.8 Å². The van der Waals surface area contributed by atoms with Gasteiger partial charge in [0, 0.05) is 32.2 Å².